The molecule has 0 radical (unpaired) electrons. The molecular formula is C14H22N2O4. The first kappa shape index (κ1) is 13.7. The fourth-order valence-electron chi connectivity index (χ4n) is 3.51. The van der Waals surface area contributed by atoms with Crippen molar-refractivity contribution in [2.24, 2.45) is 0 Å². The Hall–Kier alpha value is -1.30. The van der Waals surface area contributed by atoms with Crippen molar-refractivity contribution in [2.45, 2.75) is 56.8 Å². The lowest BCUT2D eigenvalue weighted by Crippen LogP contribution is -2.58. The molecule has 2 amide bonds. The van der Waals surface area contributed by atoms with E-state index in [0.29, 0.717) is 19.7 Å². The molecule has 1 N–H and O–H groups in total. The summed E-state index contributed by atoms with van der Waals surface area (Å²) in [6.45, 7) is 3.57. The molecule has 0 aromatic heterocycles. The van der Waals surface area contributed by atoms with Gasteiger partial charge in [-0.05, 0) is 19.8 Å². The van der Waals surface area contributed by atoms with Crippen molar-refractivity contribution in [3.63, 3.8) is 0 Å². The molecule has 1 aliphatic carbocycles. The minimum atomic E-state index is -0.554. The largest absolute Gasteiger partial charge is 0.444 e. The van der Waals surface area contributed by atoms with Crippen LogP contribution in [-0.2, 0) is 14.3 Å². The Morgan fingerprint density at radius 1 is 1.35 bits per heavy atom. The van der Waals surface area contributed by atoms with E-state index in [9.17, 15) is 9.59 Å². The minimum absolute atomic E-state index is 0.0448. The summed E-state index contributed by atoms with van der Waals surface area (Å²) >= 11 is 0. The standard InChI is InChI=1S/C14H22N2O4/c1-10-11(15-13(18)20-10)12(17)16-7-8-19-14(9-16)5-3-2-4-6-14/h10-11H,2-9H2,1H3,(H,15,18). The highest BCUT2D eigenvalue weighted by Crippen LogP contribution is 2.34. The lowest BCUT2D eigenvalue weighted by atomic mass is 9.83. The summed E-state index contributed by atoms with van der Waals surface area (Å²) in [5.74, 6) is -0.0448. The lowest BCUT2D eigenvalue weighted by Gasteiger charge is -2.45. The Balaban J connectivity index is 1.67. The molecule has 2 heterocycles. The average Bonchev–Trinajstić information content (AvgIpc) is 2.78. The van der Waals surface area contributed by atoms with Gasteiger partial charge in [0, 0.05) is 13.1 Å². The number of carbonyl (C=O) groups is 2. The van der Waals surface area contributed by atoms with Gasteiger partial charge in [0.05, 0.1) is 12.2 Å². The first-order valence-corrected chi connectivity index (χ1v) is 7.50. The Labute approximate surface area is 118 Å². The molecule has 20 heavy (non-hydrogen) atoms. The Bertz CT molecular complexity index is 400. The number of ether oxygens (including phenoxy) is 2. The van der Waals surface area contributed by atoms with Crippen molar-refractivity contribution in [1.29, 1.82) is 0 Å². The van der Waals surface area contributed by atoms with Gasteiger partial charge >= 0.3 is 6.09 Å². The molecule has 6 heteroatoms. The zero-order valence-electron chi connectivity index (χ0n) is 11.9. The molecule has 1 spiro atoms. The summed E-state index contributed by atoms with van der Waals surface area (Å²) in [6.07, 6.45) is 4.74. The second kappa shape index (κ2) is 5.24. The van der Waals surface area contributed by atoms with E-state index < -0.39 is 18.2 Å². The van der Waals surface area contributed by atoms with E-state index in [1.54, 1.807) is 6.92 Å². The molecule has 2 saturated heterocycles. The molecule has 0 bridgehead atoms. The highest BCUT2D eigenvalue weighted by atomic mass is 16.6. The van der Waals surface area contributed by atoms with E-state index in [4.69, 9.17) is 9.47 Å². The molecule has 3 fully saturated rings. The minimum Gasteiger partial charge on any atom is -0.444 e. The zero-order valence-corrected chi connectivity index (χ0v) is 11.9. The van der Waals surface area contributed by atoms with Gasteiger partial charge in [-0.1, -0.05) is 19.3 Å². The number of alkyl carbamates (subject to hydrolysis) is 1. The van der Waals surface area contributed by atoms with Crippen LogP contribution in [0.15, 0.2) is 0 Å². The summed E-state index contributed by atoms with van der Waals surface area (Å²) in [6, 6.07) is -0.554. The van der Waals surface area contributed by atoms with Crippen molar-refractivity contribution < 1.29 is 19.1 Å². The summed E-state index contributed by atoms with van der Waals surface area (Å²) < 4.78 is 11.0. The van der Waals surface area contributed by atoms with Crippen LogP contribution in [0.2, 0.25) is 0 Å². The maximum atomic E-state index is 12.6. The number of amides is 2. The third kappa shape index (κ3) is 2.49. The van der Waals surface area contributed by atoms with E-state index in [2.05, 4.69) is 5.32 Å². The molecule has 2 atom stereocenters. The number of hydrogen-bond acceptors (Lipinski definition) is 4. The van der Waals surface area contributed by atoms with Gasteiger partial charge in [-0.3, -0.25) is 4.79 Å². The third-order valence-corrected chi connectivity index (χ3v) is 4.63. The molecule has 1 saturated carbocycles. The third-order valence-electron chi connectivity index (χ3n) is 4.63. The van der Waals surface area contributed by atoms with Crippen LogP contribution in [-0.4, -0.2) is 54.3 Å². The van der Waals surface area contributed by atoms with Crippen LogP contribution >= 0.6 is 0 Å². The van der Waals surface area contributed by atoms with Crippen LogP contribution in [0.25, 0.3) is 0 Å². The van der Waals surface area contributed by atoms with Crippen molar-refractivity contribution in [3.05, 3.63) is 0 Å². The quantitative estimate of drug-likeness (QED) is 0.780. The van der Waals surface area contributed by atoms with Gasteiger partial charge in [0.15, 0.2) is 0 Å². The molecule has 3 rings (SSSR count). The fourth-order valence-corrected chi connectivity index (χ4v) is 3.51. The van der Waals surface area contributed by atoms with Gasteiger partial charge in [-0.15, -0.1) is 0 Å². The van der Waals surface area contributed by atoms with Crippen LogP contribution in [0.5, 0.6) is 0 Å². The summed E-state index contributed by atoms with van der Waals surface area (Å²) in [4.78, 5) is 25.6. The second-order valence-corrected chi connectivity index (χ2v) is 6.08. The summed E-state index contributed by atoms with van der Waals surface area (Å²) in [5, 5.41) is 2.60. The van der Waals surface area contributed by atoms with Crippen molar-refractivity contribution in [3.8, 4) is 0 Å². The predicted molar refractivity (Wildman–Crippen MR) is 71.2 cm³/mol. The van der Waals surface area contributed by atoms with E-state index in [1.165, 1.54) is 19.3 Å². The van der Waals surface area contributed by atoms with Crippen LogP contribution < -0.4 is 5.32 Å². The Morgan fingerprint density at radius 3 is 2.75 bits per heavy atom. The molecule has 6 nitrogen and oxygen atoms in total. The van der Waals surface area contributed by atoms with Crippen molar-refractivity contribution >= 4 is 12.0 Å². The van der Waals surface area contributed by atoms with E-state index in [0.717, 1.165) is 12.8 Å². The molecular weight excluding hydrogens is 260 g/mol. The molecule has 112 valence electrons. The number of nitrogens with zero attached hydrogens (tertiary/aromatic N) is 1. The number of cyclic esters (lactones) is 1. The maximum absolute atomic E-state index is 12.6. The lowest BCUT2D eigenvalue weighted by molar-refractivity contribution is -0.158. The summed E-state index contributed by atoms with van der Waals surface area (Å²) in [5.41, 5.74) is -0.154. The highest BCUT2D eigenvalue weighted by molar-refractivity contribution is 5.88. The number of carbonyl (C=O) groups excluding carboxylic acids is 2. The second-order valence-electron chi connectivity index (χ2n) is 6.08. The first-order valence-electron chi connectivity index (χ1n) is 7.50. The van der Waals surface area contributed by atoms with Crippen molar-refractivity contribution in [1.82, 2.24) is 10.2 Å². The van der Waals surface area contributed by atoms with E-state index >= 15 is 0 Å². The topological polar surface area (TPSA) is 67.9 Å². The molecule has 0 aromatic rings. The van der Waals surface area contributed by atoms with Gasteiger partial charge in [-0.2, -0.15) is 0 Å². The number of morpholine rings is 1. The van der Waals surface area contributed by atoms with Gasteiger partial charge < -0.3 is 19.7 Å². The van der Waals surface area contributed by atoms with Gasteiger partial charge in [0.1, 0.15) is 12.1 Å². The normalized spacial score (nSPS) is 32.9. The zero-order chi connectivity index (χ0) is 14.2. The molecule has 2 aliphatic heterocycles. The van der Waals surface area contributed by atoms with Crippen LogP contribution in [0.3, 0.4) is 0 Å². The first-order chi connectivity index (χ1) is 9.60. The maximum Gasteiger partial charge on any atom is 0.408 e. The van der Waals surface area contributed by atoms with E-state index in [-0.39, 0.29) is 11.5 Å². The van der Waals surface area contributed by atoms with Gasteiger partial charge in [-0.25, -0.2) is 4.79 Å². The Kier molecular flexibility index (Phi) is 3.58. The predicted octanol–water partition coefficient (Wildman–Crippen LogP) is 1.04. The number of hydrogen-bond donors (Lipinski definition) is 1. The van der Waals surface area contributed by atoms with Crippen molar-refractivity contribution in [2.75, 3.05) is 19.7 Å². The van der Waals surface area contributed by atoms with Crippen LogP contribution in [0.1, 0.15) is 39.0 Å². The van der Waals surface area contributed by atoms with E-state index in [1.807, 2.05) is 4.90 Å². The number of nitrogens with one attached hydrogen (secondary N) is 1. The Morgan fingerprint density at radius 2 is 2.10 bits per heavy atom. The molecule has 3 aliphatic rings. The number of rotatable bonds is 1. The van der Waals surface area contributed by atoms with Crippen LogP contribution in [0, 0.1) is 0 Å². The smallest absolute Gasteiger partial charge is 0.408 e. The summed E-state index contributed by atoms with van der Waals surface area (Å²) in [7, 11) is 0. The molecule has 0 aromatic carbocycles. The monoisotopic (exact) mass is 282 g/mol. The SMILES string of the molecule is CC1OC(=O)NC1C(=O)N1CCOC2(CCCCC2)C1. The highest BCUT2D eigenvalue weighted by Gasteiger charge is 2.44. The average molecular weight is 282 g/mol. The fraction of sp³-hybridized carbons (Fsp3) is 0.857. The van der Waals surface area contributed by atoms with Crippen LogP contribution in [0.4, 0.5) is 4.79 Å². The molecule has 2 unspecified atom stereocenters. The van der Waals surface area contributed by atoms with Gasteiger partial charge in [0.2, 0.25) is 5.91 Å². The van der Waals surface area contributed by atoms with Gasteiger partial charge in [0.25, 0.3) is 0 Å².